The van der Waals surface area contributed by atoms with E-state index in [1.165, 1.54) is 0 Å². The van der Waals surface area contributed by atoms with Crippen molar-refractivity contribution in [1.82, 2.24) is 5.16 Å². The molecular formula is C6H7NO4. The third-order valence-corrected chi connectivity index (χ3v) is 1.36. The van der Waals surface area contributed by atoms with E-state index in [2.05, 4.69) is 4.52 Å². The second-order valence-electron chi connectivity index (χ2n) is 2.00. The lowest BCUT2D eigenvalue weighted by Gasteiger charge is -1.87. The van der Waals surface area contributed by atoms with Crippen molar-refractivity contribution in [3.63, 3.8) is 0 Å². The SMILES string of the molecule is CCc1c(C(=O)O)[nH]oc1=O. The minimum Gasteiger partial charge on any atom is -0.476 e. The lowest BCUT2D eigenvalue weighted by atomic mass is 10.2. The van der Waals surface area contributed by atoms with Gasteiger partial charge in [0.2, 0.25) is 0 Å². The summed E-state index contributed by atoms with van der Waals surface area (Å²) in [5.74, 6) is -1.17. The summed E-state index contributed by atoms with van der Waals surface area (Å²) >= 11 is 0. The molecular weight excluding hydrogens is 150 g/mol. The first-order valence-electron chi connectivity index (χ1n) is 3.10. The van der Waals surface area contributed by atoms with E-state index in [1.807, 2.05) is 5.16 Å². The first-order chi connectivity index (χ1) is 5.16. The van der Waals surface area contributed by atoms with Gasteiger partial charge < -0.3 is 9.63 Å². The van der Waals surface area contributed by atoms with Gasteiger partial charge in [-0.1, -0.05) is 6.92 Å². The van der Waals surface area contributed by atoms with Crippen LogP contribution in [0.4, 0.5) is 0 Å². The fraction of sp³-hybridized carbons (Fsp3) is 0.333. The van der Waals surface area contributed by atoms with Crippen LogP contribution in [0.25, 0.3) is 0 Å². The molecule has 1 rings (SSSR count). The fourth-order valence-corrected chi connectivity index (χ4v) is 0.816. The zero-order valence-corrected chi connectivity index (χ0v) is 5.88. The summed E-state index contributed by atoms with van der Waals surface area (Å²) in [4.78, 5) is 21.1. The van der Waals surface area contributed by atoms with Crippen molar-refractivity contribution in [3.8, 4) is 0 Å². The van der Waals surface area contributed by atoms with E-state index in [1.54, 1.807) is 6.92 Å². The van der Waals surface area contributed by atoms with Gasteiger partial charge in [-0.05, 0) is 6.42 Å². The molecule has 0 atom stereocenters. The standard InChI is InChI=1S/C6H7NO4/c1-2-3-4(5(8)9)7-11-6(3)10/h7H,2H2,1H3,(H,8,9). The smallest absolute Gasteiger partial charge is 0.361 e. The van der Waals surface area contributed by atoms with Crippen molar-refractivity contribution in [2.75, 3.05) is 0 Å². The molecule has 0 bridgehead atoms. The lowest BCUT2D eigenvalue weighted by Crippen LogP contribution is -2.06. The van der Waals surface area contributed by atoms with Gasteiger partial charge in [0, 0.05) is 0 Å². The van der Waals surface area contributed by atoms with Crippen molar-refractivity contribution >= 4 is 5.97 Å². The number of nitrogens with one attached hydrogen (secondary N) is 1. The maximum absolute atomic E-state index is 10.7. The first-order valence-corrected chi connectivity index (χ1v) is 3.10. The average Bonchev–Trinajstić information content (AvgIpc) is 2.30. The van der Waals surface area contributed by atoms with E-state index in [-0.39, 0.29) is 11.3 Å². The third kappa shape index (κ3) is 1.17. The number of aromatic nitrogens is 1. The van der Waals surface area contributed by atoms with Crippen LogP contribution in [-0.4, -0.2) is 16.2 Å². The Hall–Kier alpha value is -1.52. The van der Waals surface area contributed by atoms with Gasteiger partial charge in [-0.2, -0.15) is 0 Å². The van der Waals surface area contributed by atoms with Gasteiger partial charge in [0.25, 0.3) is 0 Å². The van der Waals surface area contributed by atoms with Crippen LogP contribution in [0, 0.1) is 0 Å². The van der Waals surface area contributed by atoms with Gasteiger partial charge in [0.05, 0.1) is 5.56 Å². The van der Waals surface area contributed by atoms with Crippen LogP contribution >= 0.6 is 0 Å². The number of carboxylic acid groups (broad SMARTS) is 1. The molecule has 1 aromatic rings. The molecule has 5 heteroatoms. The lowest BCUT2D eigenvalue weighted by molar-refractivity contribution is 0.0684. The molecule has 5 nitrogen and oxygen atoms in total. The Morgan fingerprint density at radius 1 is 1.73 bits per heavy atom. The monoisotopic (exact) mass is 157 g/mol. The van der Waals surface area contributed by atoms with Crippen LogP contribution in [0.1, 0.15) is 23.0 Å². The number of hydrogen-bond acceptors (Lipinski definition) is 3. The van der Waals surface area contributed by atoms with Gasteiger partial charge in [-0.15, -0.1) is 0 Å². The Bertz CT molecular complexity index is 322. The number of hydrogen-bond donors (Lipinski definition) is 2. The predicted molar refractivity (Wildman–Crippen MR) is 35.7 cm³/mol. The van der Waals surface area contributed by atoms with Crippen LogP contribution in [0.15, 0.2) is 9.32 Å². The van der Waals surface area contributed by atoms with Crippen molar-refractivity contribution < 1.29 is 14.4 Å². The Labute approximate surface area is 61.6 Å². The number of H-pyrrole nitrogens is 1. The number of rotatable bonds is 2. The van der Waals surface area contributed by atoms with Crippen molar-refractivity contribution in [3.05, 3.63) is 21.7 Å². The minimum atomic E-state index is -1.17. The van der Waals surface area contributed by atoms with Crippen molar-refractivity contribution in [2.45, 2.75) is 13.3 Å². The average molecular weight is 157 g/mol. The Kier molecular flexibility index (Phi) is 1.80. The first kappa shape index (κ1) is 7.59. The van der Waals surface area contributed by atoms with Gasteiger partial charge in [0.15, 0.2) is 5.69 Å². The quantitative estimate of drug-likeness (QED) is 0.643. The van der Waals surface area contributed by atoms with Crippen LogP contribution in [0.2, 0.25) is 0 Å². The number of aromatic amines is 1. The predicted octanol–water partition coefficient (Wildman–Crippen LogP) is 0.229. The maximum atomic E-state index is 10.7. The molecule has 60 valence electrons. The van der Waals surface area contributed by atoms with E-state index < -0.39 is 11.6 Å². The molecule has 0 unspecified atom stereocenters. The highest BCUT2D eigenvalue weighted by molar-refractivity contribution is 5.86. The molecule has 0 aliphatic carbocycles. The van der Waals surface area contributed by atoms with Crippen LogP contribution in [0.3, 0.4) is 0 Å². The summed E-state index contributed by atoms with van der Waals surface area (Å²) in [6.45, 7) is 1.69. The Morgan fingerprint density at radius 2 is 2.36 bits per heavy atom. The number of carboxylic acids is 1. The van der Waals surface area contributed by atoms with Gasteiger partial charge in [-0.25, -0.2) is 14.7 Å². The summed E-state index contributed by atoms with van der Waals surface area (Å²) in [5, 5.41) is 10.5. The normalized spacial score (nSPS) is 9.91. The van der Waals surface area contributed by atoms with E-state index in [4.69, 9.17) is 5.11 Å². The summed E-state index contributed by atoms with van der Waals surface area (Å²) < 4.78 is 4.29. The summed E-state index contributed by atoms with van der Waals surface area (Å²) in [5.41, 5.74) is -0.583. The van der Waals surface area contributed by atoms with E-state index in [0.717, 1.165) is 0 Å². The van der Waals surface area contributed by atoms with Crippen molar-refractivity contribution in [1.29, 1.82) is 0 Å². The van der Waals surface area contributed by atoms with Crippen LogP contribution in [-0.2, 0) is 6.42 Å². The second-order valence-corrected chi connectivity index (χ2v) is 2.00. The molecule has 2 N–H and O–H groups in total. The van der Waals surface area contributed by atoms with Crippen LogP contribution in [0.5, 0.6) is 0 Å². The largest absolute Gasteiger partial charge is 0.476 e. The van der Waals surface area contributed by atoms with Gasteiger partial charge >= 0.3 is 11.6 Å². The minimum absolute atomic E-state index is 0.155. The fourth-order valence-electron chi connectivity index (χ4n) is 0.816. The Balaban J connectivity index is 3.27. The molecule has 0 fully saturated rings. The molecule has 1 heterocycles. The number of carbonyl (C=O) groups is 1. The topological polar surface area (TPSA) is 83.3 Å². The van der Waals surface area contributed by atoms with Gasteiger partial charge in [0.1, 0.15) is 0 Å². The summed E-state index contributed by atoms with van der Waals surface area (Å²) in [7, 11) is 0. The van der Waals surface area contributed by atoms with Crippen LogP contribution < -0.4 is 5.63 Å². The zero-order chi connectivity index (χ0) is 8.43. The molecule has 0 saturated carbocycles. The molecule has 11 heavy (non-hydrogen) atoms. The molecule has 0 aliphatic rings. The van der Waals surface area contributed by atoms with E-state index in [9.17, 15) is 9.59 Å². The summed E-state index contributed by atoms with van der Waals surface area (Å²) in [6.07, 6.45) is 0.355. The summed E-state index contributed by atoms with van der Waals surface area (Å²) in [6, 6.07) is 0. The highest BCUT2D eigenvalue weighted by Crippen LogP contribution is 2.00. The molecule has 0 radical (unpaired) electrons. The van der Waals surface area contributed by atoms with E-state index >= 15 is 0 Å². The molecule has 0 aliphatic heterocycles. The highest BCUT2D eigenvalue weighted by Gasteiger charge is 2.15. The highest BCUT2D eigenvalue weighted by atomic mass is 16.5. The molecule has 0 saturated heterocycles. The molecule has 1 aromatic heterocycles. The number of aromatic carboxylic acids is 1. The molecule has 0 spiro atoms. The van der Waals surface area contributed by atoms with E-state index in [0.29, 0.717) is 6.42 Å². The van der Waals surface area contributed by atoms with Crippen molar-refractivity contribution in [2.24, 2.45) is 0 Å². The Morgan fingerprint density at radius 3 is 2.73 bits per heavy atom. The molecule has 0 aromatic carbocycles. The second kappa shape index (κ2) is 2.61. The zero-order valence-electron chi connectivity index (χ0n) is 5.88. The molecule has 0 amide bonds. The third-order valence-electron chi connectivity index (χ3n) is 1.36. The maximum Gasteiger partial charge on any atom is 0.361 e. The van der Waals surface area contributed by atoms with Gasteiger partial charge in [-0.3, -0.25) is 0 Å².